The Labute approximate surface area is 175 Å². The maximum Gasteiger partial charge on any atom is 0.161 e. The Morgan fingerprint density at radius 1 is 0.833 bits per heavy atom. The molecule has 1 heterocycles. The van der Waals surface area contributed by atoms with Crippen LogP contribution >= 0.6 is 0 Å². The second-order valence-electron chi connectivity index (χ2n) is 7.11. The van der Waals surface area contributed by atoms with Crippen molar-refractivity contribution in [3.63, 3.8) is 0 Å². The molecule has 5 heteroatoms. The Hall–Kier alpha value is -3.73. The highest BCUT2D eigenvalue weighted by molar-refractivity contribution is 5.82. The van der Waals surface area contributed by atoms with Crippen molar-refractivity contribution >= 4 is 16.7 Å². The lowest BCUT2D eigenvalue weighted by Crippen LogP contribution is -2.09. The molecule has 1 aromatic heterocycles. The highest BCUT2D eigenvalue weighted by atomic mass is 16.5. The van der Waals surface area contributed by atoms with Crippen molar-refractivity contribution in [1.29, 1.82) is 0 Å². The van der Waals surface area contributed by atoms with Crippen LogP contribution in [0.15, 0.2) is 76.2 Å². The zero-order chi connectivity index (χ0) is 21.1. The number of nitrogens with one attached hydrogen (secondary N) is 1. The van der Waals surface area contributed by atoms with Crippen LogP contribution in [0.2, 0.25) is 0 Å². The normalized spacial score (nSPS) is 11.5. The van der Waals surface area contributed by atoms with E-state index in [0.717, 1.165) is 38.7 Å². The van der Waals surface area contributed by atoms with Crippen molar-refractivity contribution < 1.29 is 13.9 Å². The highest BCUT2D eigenvalue weighted by Gasteiger charge is 2.12. The van der Waals surface area contributed by atoms with Gasteiger partial charge in [-0.1, -0.05) is 24.3 Å². The van der Waals surface area contributed by atoms with Gasteiger partial charge in [-0.3, -0.25) is 5.43 Å². The quantitative estimate of drug-likeness (QED) is 0.439. The van der Waals surface area contributed by atoms with E-state index in [-0.39, 0.29) is 0 Å². The largest absolute Gasteiger partial charge is 0.493 e. The van der Waals surface area contributed by atoms with Gasteiger partial charge < -0.3 is 13.9 Å². The van der Waals surface area contributed by atoms with Crippen LogP contribution in [-0.4, -0.2) is 14.2 Å². The van der Waals surface area contributed by atoms with Gasteiger partial charge in [0, 0.05) is 17.0 Å². The van der Waals surface area contributed by atoms with Crippen LogP contribution in [0.4, 0.5) is 5.69 Å². The molecule has 4 rings (SSSR count). The molecule has 152 valence electrons. The van der Waals surface area contributed by atoms with Gasteiger partial charge in [-0.15, -0.1) is 0 Å². The van der Waals surface area contributed by atoms with E-state index >= 15 is 0 Å². The van der Waals surface area contributed by atoms with Gasteiger partial charge in [0.05, 0.1) is 25.3 Å². The first-order valence-electron chi connectivity index (χ1n) is 9.71. The summed E-state index contributed by atoms with van der Waals surface area (Å²) in [5.74, 6) is 2.01. The number of fused-ring (bicyclic) bond motifs is 1. The van der Waals surface area contributed by atoms with E-state index in [9.17, 15) is 0 Å². The minimum absolute atomic E-state index is 0.645. The summed E-state index contributed by atoms with van der Waals surface area (Å²) in [6.07, 6.45) is 0. The number of rotatable bonds is 5. The summed E-state index contributed by atoms with van der Waals surface area (Å²) in [7, 11) is 3.24. The fraction of sp³-hybridized carbons (Fsp3) is 0.160. The van der Waals surface area contributed by atoms with Crippen molar-refractivity contribution in [2.45, 2.75) is 13.8 Å². The molecule has 1 N–H and O–H groups in total. The molecule has 0 atom stereocenters. The summed E-state index contributed by atoms with van der Waals surface area (Å²) < 4.78 is 17.1. The number of aryl methyl sites for hydroxylation is 2. The molecule has 0 fully saturated rings. The summed E-state index contributed by atoms with van der Waals surface area (Å²) in [5, 5.41) is 6.48. The molecule has 0 unspecified atom stereocenters. The minimum Gasteiger partial charge on any atom is -0.493 e. The Morgan fingerprint density at radius 3 is 2.33 bits per heavy atom. The van der Waals surface area contributed by atoms with Crippen molar-refractivity contribution in [2.24, 2.45) is 5.10 Å². The number of hydrogen-bond acceptors (Lipinski definition) is 5. The average molecular weight is 400 g/mol. The first-order valence-corrected chi connectivity index (χ1v) is 9.71. The molecule has 0 amide bonds. The van der Waals surface area contributed by atoms with Crippen molar-refractivity contribution in [3.05, 3.63) is 83.2 Å². The van der Waals surface area contributed by atoms with Gasteiger partial charge in [0.15, 0.2) is 11.5 Å². The standard InChI is InChI=1S/C25H24N2O3/c1-16-12-17(2)25-20(27-26-19-8-6-5-7-9-19)15-22(30-24(25)13-16)18-10-11-21(28-3)23(14-18)29-4/h5-15,26H,1-4H3/b27-20+. The number of hydrogen-bond donors (Lipinski definition) is 1. The zero-order valence-corrected chi connectivity index (χ0v) is 17.5. The fourth-order valence-corrected chi connectivity index (χ4v) is 3.54. The molecule has 0 bridgehead atoms. The molecule has 5 nitrogen and oxygen atoms in total. The van der Waals surface area contributed by atoms with Crippen LogP contribution in [0.3, 0.4) is 0 Å². The lowest BCUT2D eigenvalue weighted by Gasteiger charge is -2.11. The number of para-hydroxylation sites is 1. The smallest absolute Gasteiger partial charge is 0.161 e. The number of nitrogens with zero attached hydrogens (tertiary/aromatic N) is 1. The topological polar surface area (TPSA) is 56.0 Å². The number of benzene rings is 3. The molecular weight excluding hydrogens is 376 g/mol. The van der Waals surface area contributed by atoms with Gasteiger partial charge in [0.1, 0.15) is 11.3 Å². The van der Waals surface area contributed by atoms with E-state index in [4.69, 9.17) is 19.0 Å². The molecular formula is C25H24N2O3. The zero-order valence-electron chi connectivity index (χ0n) is 17.5. The predicted molar refractivity (Wildman–Crippen MR) is 120 cm³/mol. The van der Waals surface area contributed by atoms with Gasteiger partial charge in [0.2, 0.25) is 0 Å². The predicted octanol–water partition coefficient (Wildman–Crippen LogP) is 5.66. The van der Waals surface area contributed by atoms with Crippen LogP contribution in [0.5, 0.6) is 11.5 Å². The molecule has 4 aromatic rings. The van der Waals surface area contributed by atoms with Crippen LogP contribution in [0.1, 0.15) is 11.1 Å². The van der Waals surface area contributed by atoms with Crippen LogP contribution in [0, 0.1) is 13.8 Å². The summed E-state index contributed by atoms with van der Waals surface area (Å²) in [6, 6.07) is 21.7. The van der Waals surface area contributed by atoms with Gasteiger partial charge in [-0.2, -0.15) is 5.10 Å². The van der Waals surface area contributed by atoms with Gasteiger partial charge in [-0.25, -0.2) is 0 Å². The molecule has 0 saturated carbocycles. The molecule has 0 aliphatic heterocycles. The Balaban J connectivity index is 1.92. The lowest BCUT2D eigenvalue weighted by atomic mass is 10.0. The third-order valence-corrected chi connectivity index (χ3v) is 4.93. The van der Waals surface area contributed by atoms with E-state index in [1.54, 1.807) is 14.2 Å². The van der Waals surface area contributed by atoms with E-state index in [1.165, 1.54) is 0 Å². The van der Waals surface area contributed by atoms with E-state index in [0.29, 0.717) is 17.3 Å². The Morgan fingerprint density at radius 2 is 1.60 bits per heavy atom. The van der Waals surface area contributed by atoms with Crippen molar-refractivity contribution in [3.8, 4) is 22.8 Å². The second kappa shape index (κ2) is 8.33. The summed E-state index contributed by atoms with van der Waals surface area (Å²) in [5.41, 5.74) is 7.99. The first-order chi connectivity index (χ1) is 14.6. The van der Waals surface area contributed by atoms with Gasteiger partial charge in [-0.05, 0) is 61.4 Å². The van der Waals surface area contributed by atoms with Crippen molar-refractivity contribution in [2.75, 3.05) is 19.6 Å². The Bertz CT molecular complexity index is 1260. The van der Waals surface area contributed by atoms with Crippen LogP contribution in [0.25, 0.3) is 22.3 Å². The SMILES string of the molecule is COc1ccc(-c2c/c(=N\Nc3ccccc3)c3c(C)cc(C)cc3o2)cc1OC. The Kier molecular flexibility index (Phi) is 5.44. The van der Waals surface area contributed by atoms with Gasteiger partial charge in [0.25, 0.3) is 0 Å². The summed E-state index contributed by atoms with van der Waals surface area (Å²) >= 11 is 0. The fourth-order valence-electron chi connectivity index (χ4n) is 3.54. The number of ether oxygens (including phenoxy) is 2. The highest BCUT2D eigenvalue weighted by Crippen LogP contribution is 2.33. The van der Waals surface area contributed by atoms with E-state index in [2.05, 4.69) is 25.3 Å². The first kappa shape index (κ1) is 19.6. The molecule has 0 spiro atoms. The maximum absolute atomic E-state index is 6.29. The second-order valence-corrected chi connectivity index (χ2v) is 7.11. The van der Waals surface area contributed by atoms with Crippen LogP contribution < -0.4 is 20.3 Å². The van der Waals surface area contributed by atoms with Crippen LogP contribution in [-0.2, 0) is 0 Å². The number of methoxy groups -OCH3 is 2. The lowest BCUT2D eigenvalue weighted by molar-refractivity contribution is 0.355. The third kappa shape index (κ3) is 3.87. The van der Waals surface area contributed by atoms with Gasteiger partial charge >= 0.3 is 0 Å². The third-order valence-electron chi connectivity index (χ3n) is 4.93. The van der Waals surface area contributed by atoms with E-state index < -0.39 is 0 Å². The number of anilines is 1. The molecule has 0 saturated heterocycles. The molecule has 0 radical (unpaired) electrons. The monoisotopic (exact) mass is 400 g/mol. The molecule has 30 heavy (non-hydrogen) atoms. The molecule has 3 aromatic carbocycles. The summed E-state index contributed by atoms with van der Waals surface area (Å²) in [6.45, 7) is 4.13. The summed E-state index contributed by atoms with van der Waals surface area (Å²) in [4.78, 5) is 0. The molecule has 0 aliphatic rings. The molecule has 0 aliphatic carbocycles. The average Bonchev–Trinajstić information content (AvgIpc) is 2.77. The maximum atomic E-state index is 6.29. The minimum atomic E-state index is 0.645. The van der Waals surface area contributed by atoms with E-state index in [1.807, 2.05) is 60.7 Å². The van der Waals surface area contributed by atoms with Crippen molar-refractivity contribution in [1.82, 2.24) is 0 Å².